The molecule has 0 fully saturated rings. The van der Waals surface area contributed by atoms with Crippen LogP contribution in [0.15, 0.2) is 36.4 Å². The second-order valence-electron chi connectivity index (χ2n) is 5.47. The van der Waals surface area contributed by atoms with Crippen LogP contribution in [0.25, 0.3) is 11.1 Å². The number of hydrogen-bond acceptors (Lipinski definition) is 7. The number of carbonyl (C=O) groups excluding carboxylic acids is 3. The molecule has 1 aliphatic carbocycles. The van der Waals surface area contributed by atoms with E-state index in [1.165, 1.54) is 14.2 Å². The van der Waals surface area contributed by atoms with Crippen LogP contribution in [0, 0.1) is 0 Å². The molecule has 0 bridgehead atoms. The number of benzene rings is 2. The quantitative estimate of drug-likeness (QED) is 0.624. The molecule has 0 N–H and O–H groups in total. The Kier molecular flexibility index (Phi) is 4.88. The highest BCUT2D eigenvalue weighted by Crippen LogP contribution is 2.39. The van der Waals surface area contributed by atoms with E-state index in [0.717, 1.165) is 11.1 Å². The summed E-state index contributed by atoms with van der Waals surface area (Å²) in [6.45, 7) is -0.468. The number of carbonyl (C=O) groups is 3. The van der Waals surface area contributed by atoms with E-state index >= 15 is 0 Å². The second-order valence-corrected chi connectivity index (χ2v) is 5.47. The van der Waals surface area contributed by atoms with Crippen LogP contribution in [-0.4, -0.2) is 45.2 Å². The van der Waals surface area contributed by atoms with Crippen LogP contribution in [0.1, 0.15) is 15.9 Å². The van der Waals surface area contributed by atoms with Crippen molar-refractivity contribution in [3.63, 3.8) is 0 Å². The molecule has 0 aromatic heterocycles. The van der Waals surface area contributed by atoms with Crippen LogP contribution in [0.3, 0.4) is 0 Å². The van der Waals surface area contributed by atoms with Gasteiger partial charge >= 0.3 is 11.9 Å². The van der Waals surface area contributed by atoms with Crippen molar-refractivity contribution in [1.29, 1.82) is 0 Å². The lowest BCUT2D eigenvalue weighted by Gasteiger charge is -2.07. The van der Waals surface area contributed by atoms with E-state index < -0.39 is 11.9 Å². The van der Waals surface area contributed by atoms with E-state index in [1.807, 2.05) is 0 Å². The van der Waals surface area contributed by atoms with Crippen LogP contribution in [0.4, 0.5) is 0 Å². The Morgan fingerprint density at radius 3 is 1.54 bits per heavy atom. The maximum atomic E-state index is 12.7. The molecule has 0 spiro atoms. The zero-order valence-electron chi connectivity index (χ0n) is 14.2. The van der Waals surface area contributed by atoms with Crippen molar-refractivity contribution in [2.24, 2.45) is 0 Å². The molecule has 26 heavy (non-hydrogen) atoms. The first kappa shape index (κ1) is 17.5. The third-order valence-corrected chi connectivity index (χ3v) is 3.93. The number of ether oxygens (including phenoxy) is 4. The molecule has 0 saturated heterocycles. The highest BCUT2D eigenvalue weighted by Gasteiger charge is 2.27. The number of esters is 2. The second kappa shape index (κ2) is 7.26. The van der Waals surface area contributed by atoms with Crippen molar-refractivity contribution >= 4 is 17.7 Å². The summed E-state index contributed by atoms with van der Waals surface area (Å²) in [5.41, 5.74) is 2.50. The Balaban J connectivity index is 1.81. The number of ketones is 1. The molecule has 3 rings (SSSR count). The fourth-order valence-electron chi connectivity index (χ4n) is 2.62. The average molecular weight is 356 g/mol. The van der Waals surface area contributed by atoms with Crippen molar-refractivity contribution in [3.05, 3.63) is 47.5 Å². The summed E-state index contributed by atoms with van der Waals surface area (Å²) in [5.74, 6) is -0.392. The van der Waals surface area contributed by atoms with Gasteiger partial charge in [0.15, 0.2) is 19.0 Å². The van der Waals surface area contributed by atoms with E-state index in [4.69, 9.17) is 9.47 Å². The van der Waals surface area contributed by atoms with Crippen LogP contribution in [0.5, 0.6) is 11.5 Å². The molecule has 2 aromatic rings. The molecule has 134 valence electrons. The Bertz CT molecular complexity index is 814. The summed E-state index contributed by atoms with van der Waals surface area (Å²) >= 11 is 0. The summed E-state index contributed by atoms with van der Waals surface area (Å²) in [5, 5.41) is 0. The molecule has 0 heterocycles. The molecule has 7 heteroatoms. The van der Waals surface area contributed by atoms with Crippen LogP contribution >= 0.6 is 0 Å². The zero-order valence-corrected chi connectivity index (χ0v) is 14.2. The van der Waals surface area contributed by atoms with E-state index in [2.05, 4.69) is 9.47 Å². The van der Waals surface area contributed by atoms with E-state index in [0.29, 0.717) is 22.6 Å². The fraction of sp³-hybridized carbons (Fsp3) is 0.211. The minimum Gasteiger partial charge on any atom is -0.482 e. The Morgan fingerprint density at radius 2 is 1.15 bits per heavy atom. The molecule has 0 saturated carbocycles. The van der Waals surface area contributed by atoms with Crippen LogP contribution in [-0.2, 0) is 19.1 Å². The van der Waals surface area contributed by atoms with Gasteiger partial charge in [0.25, 0.3) is 0 Å². The van der Waals surface area contributed by atoms with Gasteiger partial charge in [0.2, 0.25) is 0 Å². The minimum atomic E-state index is -0.507. The number of rotatable bonds is 6. The Labute approximate surface area is 149 Å². The maximum Gasteiger partial charge on any atom is 0.343 e. The summed E-state index contributed by atoms with van der Waals surface area (Å²) in [6.07, 6.45) is 0. The number of methoxy groups -OCH3 is 2. The highest BCUT2D eigenvalue weighted by molar-refractivity contribution is 6.22. The van der Waals surface area contributed by atoms with Crippen molar-refractivity contribution in [1.82, 2.24) is 0 Å². The Hall–Kier alpha value is -3.35. The standard InChI is InChI=1S/C19H16O7/c1-23-17(20)9-25-11-3-5-13-14-6-4-12(26-10-18(21)24-2)8-16(14)19(22)15(13)7-11/h3-8H,9-10H2,1-2H3. The first-order valence-electron chi connectivity index (χ1n) is 7.76. The molecule has 0 unspecified atom stereocenters. The maximum absolute atomic E-state index is 12.7. The van der Waals surface area contributed by atoms with Gasteiger partial charge in [-0.05, 0) is 47.5 Å². The van der Waals surface area contributed by atoms with Gasteiger partial charge in [-0.15, -0.1) is 0 Å². The van der Waals surface area contributed by atoms with Crippen molar-refractivity contribution in [3.8, 4) is 22.6 Å². The monoisotopic (exact) mass is 356 g/mol. The molecular formula is C19H16O7. The van der Waals surface area contributed by atoms with Crippen molar-refractivity contribution in [2.75, 3.05) is 27.4 Å². The third-order valence-electron chi connectivity index (χ3n) is 3.93. The predicted molar refractivity (Wildman–Crippen MR) is 90.3 cm³/mol. The SMILES string of the molecule is COC(=O)COc1ccc2c(c1)C(=O)c1cc(OCC(=O)OC)ccc1-2. The summed E-state index contributed by atoms with van der Waals surface area (Å²) in [7, 11) is 2.54. The normalized spacial score (nSPS) is 11.4. The first-order chi connectivity index (χ1) is 12.5. The number of fused-ring (bicyclic) bond motifs is 3. The highest BCUT2D eigenvalue weighted by atomic mass is 16.6. The average Bonchev–Trinajstić information content (AvgIpc) is 2.95. The molecule has 1 aliphatic rings. The van der Waals surface area contributed by atoms with E-state index in [9.17, 15) is 14.4 Å². The van der Waals surface area contributed by atoms with Gasteiger partial charge in [0.1, 0.15) is 11.5 Å². The summed E-state index contributed by atoms with van der Waals surface area (Å²) in [6, 6.07) is 10.1. The van der Waals surface area contributed by atoms with Gasteiger partial charge in [0, 0.05) is 11.1 Å². The van der Waals surface area contributed by atoms with Crippen molar-refractivity contribution in [2.45, 2.75) is 0 Å². The van der Waals surface area contributed by atoms with Crippen LogP contribution in [0.2, 0.25) is 0 Å². The van der Waals surface area contributed by atoms with Gasteiger partial charge in [-0.2, -0.15) is 0 Å². The lowest BCUT2D eigenvalue weighted by atomic mass is 10.1. The first-order valence-corrected chi connectivity index (χ1v) is 7.76. The molecule has 0 atom stereocenters. The topological polar surface area (TPSA) is 88.1 Å². The molecule has 0 aliphatic heterocycles. The van der Waals surface area contributed by atoms with Gasteiger partial charge in [0.05, 0.1) is 14.2 Å². The lowest BCUT2D eigenvalue weighted by molar-refractivity contribution is -0.143. The summed E-state index contributed by atoms with van der Waals surface area (Å²) < 4.78 is 19.7. The molecule has 7 nitrogen and oxygen atoms in total. The van der Waals surface area contributed by atoms with Crippen molar-refractivity contribution < 1.29 is 33.3 Å². The largest absolute Gasteiger partial charge is 0.482 e. The predicted octanol–water partition coefficient (Wildman–Crippen LogP) is 2.00. The molecular weight excluding hydrogens is 340 g/mol. The molecule has 0 amide bonds. The van der Waals surface area contributed by atoms with E-state index in [-0.39, 0.29) is 19.0 Å². The van der Waals surface area contributed by atoms with Gasteiger partial charge in [-0.1, -0.05) is 0 Å². The minimum absolute atomic E-state index is 0.179. The summed E-state index contributed by atoms with van der Waals surface area (Å²) in [4.78, 5) is 35.0. The van der Waals surface area contributed by atoms with Gasteiger partial charge < -0.3 is 18.9 Å². The van der Waals surface area contributed by atoms with Crippen LogP contribution < -0.4 is 9.47 Å². The number of hydrogen-bond donors (Lipinski definition) is 0. The molecule has 2 aromatic carbocycles. The van der Waals surface area contributed by atoms with Gasteiger partial charge in [-0.25, -0.2) is 9.59 Å². The third kappa shape index (κ3) is 3.37. The van der Waals surface area contributed by atoms with Gasteiger partial charge in [-0.3, -0.25) is 4.79 Å². The zero-order chi connectivity index (χ0) is 18.7. The smallest absolute Gasteiger partial charge is 0.343 e. The van der Waals surface area contributed by atoms with E-state index in [1.54, 1.807) is 36.4 Å². The lowest BCUT2D eigenvalue weighted by Crippen LogP contribution is -2.12. The molecule has 0 radical (unpaired) electrons. The Morgan fingerprint density at radius 1 is 0.731 bits per heavy atom. The fourth-order valence-corrected chi connectivity index (χ4v) is 2.62.